The van der Waals surface area contributed by atoms with Crippen molar-refractivity contribution >= 4 is 17.7 Å². The Hall–Kier alpha value is -1.00. The molecule has 0 aromatic heterocycles. The molecule has 0 radical (unpaired) electrons. The Balaban J connectivity index is 2.45. The third-order valence-electron chi connectivity index (χ3n) is 3.01. The van der Waals surface area contributed by atoms with Gasteiger partial charge in [-0.25, -0.2) is 0 Å². The maximum atomic E-state index is 11.7. The summed E-state index contributed by atoms with van der Waals surface area (Å²) in [6.07, 6.45) is 0. The van der Waals surface area contributed by atoms with Crippen LogP contribution in [0, 0.1) is 0 Å². The molecule has 0 bridgehead atoms. The second-order valence-corrected chi connectivity index (χ2v) is 6.99. The molecule has 0 aliphatic heterocycles. The van der Waals surface area contributed by atoms with Crippen LogP contribution in [0.25, 0.3) is 0 Å². The molecule has 0 spiro atoms. The molecule has 4 heteroatoms. The average molecular weight is 294 g/mol. The van der Waals surface area contributed by atoms with E-state index >= 15 is 0 Å². The van der Waals surface area contributed by atoms with Gasteiger partial charge in [0.25, 0.3) is 0 Å². The van der Waals surface area contributed by atoms with Crippen molar-refractivity contribution in [3.05, 3.63) is 29.8 Å². The van der Waals surface area contributed by atoms with Crippen LogP contribution in [-0.4, -0.2) is 35.7 Å². The molecule has 0 atom stereocenters. The number of amides is 1. The zero-order valence-electron chi connectivity index (χ0n) is 13.2. The van der Waals surface area contributed by atoms with Gasteiger partial charge in [-0.2, -0.15) is 0 Å². The van der Waals surface area contributed by atoms with Crippen molar-refractivity contribution in [1.29, 1.82) is 0 Å². The summed E-state index contributed by atoms with van der Waals surface area (Å²) in [5, 5.41) is 3.46. The molecule has 0 saturated carbocycles. The van der Waals surface area contributed by atoms with Crippen LogP contribution in [0.2, 0.25) is 0 Å². The first kappa shape index (κ1) is 17.1. The molecule has 0 heterocycles. The summed E-state index contributed by atoms with van der Waals surface area (Å²) < 4.78 is 0. The molecule has 112 valence electrons. The van der Waals surface area contributed by atoms with Crippen molar-refractivity contribution in [1.82, 2.24) is 10.2 Å². The number of benzene rings is 1. The molecule has 1 rings (SSSR count). The fourth-order valence-corrected chi connectivity index (χ4v) is 2.34. The molecule has 0 aliphatic carbocycles. The number of thioether (sulfide) groups is 1. The first-order valence-corrected chi connectivity index (χ1v) is 8.01. The van der Waals surface area contributed by atoms with Gasteiger partial charge in [-0.3, -0.25) is 4.79 Å². The van der Waals surface area contributed by atoms with Gasteiger partial charge in [0, 0.05) is 30.6 Å². The molecule has 3 nitrogen and oxygen atoms in total. The molecule has 1 aromatic rings. The Kier molecular flexibility index (Phi) is 6.56. The number of rotatable bonds is 6. The van der Waals surface area contributed by atoms with E-state index in [2.05, 4.69) is 50.4 Å². The first-order chi connectivity index (χ1) is 9.31. The Morgan fingerprint density at radius 1 is 1.25 bits per heavy atom. The summed E-state index contributed by atoms with van der Waals surface area (Å²) in [6.45, 7) is 10.1. The smallest absolute Gasteiger partial charge is 0.232 e. The van der Waals surface area contributed by atoms with Gasteiger partial charge in [0.05, 0.1) is 5.75 Å². The summed E-state index contributed by atoms with van der Waals surface area (Å²) >= 11 is 1.59. The quantitative estimate of drug-likeness (QED) is 0.818. The fraction of sp³-hybridized carbons (Fsp3) is 0.562. The number of hydrogen-bond acceptors (Lipinski definition) is 3. The monoisotopic (exact) mass is 294 g/mol. The predicted octanol–water partition coefficient (Wildman–Crippen LogP) is 3.15. The summed E-state index contributed by atoms with van der Waals surface area (Å²) in [5.41, 5.74) is 1.39. The Bertz CT molecular complexity index is 423. The number of nitrogens with one attached hydrogen (secondary N) is 1. The Morgan fingerprint density at radius 2 is 1.85 bits per heavy atom. The SMILES string of the molecule is CCN(C)C(=O)CSc1ccc(CNC(C)(C)C)cc1. The summed E-state index contributed by atoms with van der Waals surface area (Å²) in [5.74, 6) is 0.681. The van der Waals surface area contributed by atoms with E-state index in [0.29, 0.717) is 5.75 Å². The second kappa shape index (κ2) is 7.70. The zero-order chi connectivity index (χ0) is 15.2. The van der Waals surface area contributed by atoms with Crippen LogP contribution in [-0.2, 0) is 11.3 Å². The number of carbonyl (C=O) groups is 1. The first-order valence-electron chi connectivity index (χ1n) is 7.02. The fourth-order valence-electron chi connectivity index (χ4n) is 1.50. The lowest BCUT2D eigenvalue weighted by atomic mass is 10.1. The molecule has 0 fully saturated rings. The van der Waals surface area contributed by atoms with Crippen molar-refractivity contribution in [2.75, 3.05) is 19.3 Å². The van der Waals surface area contributed by atoms with Crippen molar-refractivity contribution in [3.63, 3.8) is 0 Å². The van der Waals surface area contributed by atoms with Crippen LogP contribution in [0.1, 0.15) is 33.3 Å². The van der Waals surface area contributed by atoms with E-state index in [0.717, 1.165) is 18.0 Å². The third-order valence-corrected chi connectivity index (χ3v) is 4.01. The highest BCUT2D eigenvalue weighted by molar-refractivity contribution is 8.00. The summed E-state index contributed by atoms with van der Waals surface area (Å²) in [4.78, 5) is 14.6. The van der Waals surface area contributed by atoms with Crippen LogP contribution >= 0.6 is 11.8 Å². The van der Waals surface area contributed by atoms with Gasteiger partial charge in [-0.05, 0) is 45.4 Å². The molecular weight excluding hydrogens is 268 g/mol. The van der Waals surface area contributed by atoms with Gasteiger partial charge < -0.3 is 10.2 Å². The van der Waals surface area contributed by atoms with Crippen LogP contribution < -0.4 is 5.32 Å². The van der Waals surface area contributed by atoms with Crippen molar-refractivity contribution < 1.29 is 4.79 Å². The molecule has 0 unspecified atom stereocenters. The van der Waals surface area contributed by atoms with Crippen LogP contribution in [0.15, 0.2) is 29.2 Å². The van der Waals surface area contributed by atoms with E-state index in [4.69, 9.17) is 0 Å². The van der Waals surface area contributed by atoms with Gasteiger partial charge in [-0.15, -0.1) is 11.8 Å². The average Bonchev–Trinajstić information content (AvgIpc) is 2.41. The van der Waals surface area contributed by atoms with Crippen LogP contribution in [0.4, 0.5) is 0 Å². The Morgan fingerprint density at radius 3 is 2.35 bits per heavy atom. The van der Waals surface area contributed by atoms with Gasteiger partial charge in [0.1, 0.15) is 0 Å². The van der Waals surface area contributed by atoms with Crippen LogP contribution in [0.5, 0.6) is 0 Å². The maximum Gasteiger partial charge on any atom is 0.232 e. The zero-order valence-corrected chi connectivity index (χ0v) is 14.0. The molecule has 0 aliphatic rings. The lowest BCUT2D eigenvalue weighted by molar-refractivity contribution is -0.126. The van der Waals surface area contributed by atoms with Crippen molar-refractivity contribution in [2.24, 2.45) is 0 Å². The lowest BCUT2D eigenvalue weighted by Crippen LogP contribution is -2.35. The summed E-state index contributed by atoms with van der Waals surface area (Å²) in [7, 11) is 1.84. The number of carbonyl (C=O) groups excluding carboxylic acids is 1. The molecule has 1 aromatic carbocycles. The van der Waals surface area contributed by atoms with Gasteiger partial charge in [0.2, 0.25) is 5.91 Å². The minimum Gasteiger partial charge on any atom is -0.345 e. The minimum atomic E-state index is 0.130. The van der Waals surface area contributed by atoms with Gasteiger partial charge in [-0.1, -0.05) is 12.1 Å². The predicted molar refractivity (Wildman–Crippen MR) is 87.1 cm³/mol. The van der Waals surface area contributed by atoms with E-state index in [9.17, 15) is 4.79 Å². The third kappa shape index (κ3) is 6.44. The maximum absolute atomic E-state index is 11.7. The minimum absolute atomic E-state index is 0.130. The molecule has 0 saturated heterocycles. The molecular formula is C16H26N2OS. The van der Waals surface area contributed by atoms with E-state index in [-0.39, 0.29) is 11.4 Å². The number of nitrogens with zero attached hydrogens (tertiary/aromatic N) is 1. The van der Waals surface area contributed by atoms with E-state index in [1.807, 2.05) is 14.0 Å². The lowest BCUT2D eigenvalue weighted by Gasteiger charge is -2.20. The van der Waals surface area contributed by atoms with Crippen molar-refractivity contribution in [3.8, 4) is 0 Å². The summed E-state index contributed by atoms with van der Waals surface area (Å²) in [6, 6.07) is 8.41. The highest BCUT2D eigenvalue weighted by Crippen LogP contribution is 2.19. The van der Waals surface area contributed by atoms with Gasteiger partial charge >= 0.3 is 0 Å². The molecule has 1 amide bonds. The topological polar surface area (TPSA) is 32.3 Å². The molecule has 1 N–H and O–H groups in total. The van der Waals surface area contributed by atoms with Crippen LogP contribution in [0.3, 0.4) is 0 Å². The van der Waals surface area contributed by atoms with Crippen molar-refractivity contribution in [2.45, 2.75) is 44.7 Å². The Labute approximate surface area is 127 Å². The highest BCUT2D eigenvalue weighted by Gasteiger charge is 2.09. The van der Waals surface area contributed by atoms with E-state index in [1.165, 1.54) is 5.56 Å². The van der Waals surface area contributed by atoms with E-state index < -0.39 is 0 Å². The standard InChI is InChI=1S/C16H26N2OS/c1-6-18(5)15(19)12-20-14-9-7-13(8-10-14)11-17-16(2,3)4/h7-10,17H,6,11-12H2,1-5H3. The largest absolute Gasteiger partial charge is 0.345 e. The normalized spacial score (nSPS) is 11.4. The highest BCUT2D eigenvalue weighted by atomic mass is 32.2. The molecule has 20 heavy (non-hydrogen) atoms. The van der Waals surface area contributed by atoms with Gasteiger partial charge in [0.15, 0.2) is 0 Å². The second-order valence-electron chi connectivity index (χ2n) is 5.94. The number of hydrogen-bond donors (Lipinski definition) is 1. The van der Waals surface area contributed by atoms with E-state index in [1.54, 1.807) is 16.7 Å².